The van der Waals surface area contributed by atoms with E-state index >= 15 is 0 Å². The molecular weight excluding hydrogens is 842 g/mol. The molecule has 1 aliphatic carbocycles. The number of aliphatic hydroxyl groups is 3. The van der Waals surface area contributed by atoms with Crippen LogP contribution in [0.4, 0.5) is 0 Å². The Morgan fingerprint density at radius 1 is 0.891 bits per heavy atom. The Bertz CT molecular complexity index is 1850. The van der Waals surface area contributed by atoms with Crippen molar-refractivity contribution in [3.8, 4) is 0 Å². The number of rotatable bonds is 8. The molecule has 0 radical (unpaired) electrons. The number of methoxy groups -OCH3 is 3. The average molecular weight is 915 g/mol. The van der Waals surface area contributed by atoms with Crippen molar-refractivity contribution in [2.24, 2.45) is 29.6 Å². The van der Waals surface area contributed by atoms with Crippen molar-refractivity contribution in [3.63, 3.8) is 0 Å². The van der Waals surface area contributed by atoms with Gasteiger partial charge in [-0.15, -0.1) is 0 Å². The van der Waals surface area contributed by atoms with Gasteiger partial charge in [0.2, 0.25) is 5.79 Å². The van der Waals surface area contributed by atoms with Gasteiger partial charge in [-0.3, -0.25) is 14.4 Å². The van der Waals surface area contributed by atoms with Crippen LogP contribution in [0.3, 0.4) is 0 Å². The predicted octanol–water partition coefficient (Wildman–Crippen LogP) is 6.82. The van der Waals surface area contributed by atoms with Crippen LogP contribution in [0.25, 0.3) is 6.08 Å². The molecule has 14 atom stereocenters. The fraction of sp³-hybridized carbons (Fsp3) is 0.680. The number of ether oxygens (including phenoxy) is 5. The largest absolute Gasteiger partial charge is 0.456 e. The van der Waals surface area contributed by atoms with E-state index in [1.165, 1.54) is 19.1 Å². The SMILES string of the molecule is CO[C@H]1C[C@@H](C)C/C(C)=C/[C@@H](C/C=C/c2ccc(Cl)cc2)C(=O)C[C@H](O)[C@@H](C)[C@@H](/C(C)=C/[C@@H]2CC[C@@H](O)[C@H](OC)C2)OC(=O)[C@@H]2CCCCN2C(=O)C(=O)[C@]2(O)O[C@H]1[C@@H](OC)C[C@H]2C. The number of ketones is 2. The summed E-state index contributed by atoms with van der Waals surface area (Å²) in [5.41, 5.74) is 2.51. The zero-order valence-corrected chi connectivity index (χ0v) is 39.7. The second-order valence-electron chi connectivity index (χ2n) is 18.9. The number of allylic oxidation sites excluding steroid dienone is 4. The lowest BCUT2D eigenvalue weighted by Crippen LogP contribution is -2.64. The second-order valence-corrected chi connectivity index (χ2v) is 19.4. The van der Waals surface area contributed by atoms with E-state index < -0.39 is 83.9 Å². The van der Waals surface area contributed by atoms with Crippen LogP contribution >= 0.6 is 11.6 Å². The molecule has 1 saturated carbocycles. The summed E-state index contributed by atoms with van der Waals surface area (Å²) in [5.74, 6) is -7.96. The van der Waals surface area contributed by atoms with Gasteiger partial charge in [0.1, 0.15) is 24.0 Å². The Morgan fingerprint density at radius 3 is 2.23 bits per heavy atom. The third-order valence-corrected chi connectivity index (χ3v) is 14.3. The number of carbonyl (C=O) groups is 4. The fourth-order valence-corrected chi connectivity index (χ4v) is 10.3. The summed E-state index contributed by atoms with van der Waals surface area (Å²) in [6, 6.07) is 6.22. The Balaban J connectivity index is 1.55. The van der Waals surface area contributed by atoms with Gasteiger partial charge in [0.25, 0.3) is 11.7 Å². The molecule has 3 fully saturated rings. The highest BCUT2D eigenvalue weighted by Gasteiger charge is 2.56. The maximum atomic E-state index is 14.5. The van der Waals surface area contributed by atoms with Gasteiger partial charge in [-0.05, 0) is 113 Å². The lowest BCUT2D eigenvalue weighted by atomic mass is 9.81. The molecule has 1 aromatic carbocycles. The molecule has 5 rings (SSSR count). The average Bonchev–Trinajstić information content (AvgIpc) is 3.27. The van der Waals surface area contributed by atoms with E-state index in [1.54, 1.807) is 33.1 Å². The van der Waals surface area contributed by atoms with E-state index in [4.69, 9.17) is 35.3 Å². The Kier molecular flexibility index (Phi) is 18.9. The monoisotopic (exact) mass is 913 g/mol. The molecule has 13 nitrogen and oxygen atoms in total. The maximum absolute atomic E-state index is 14.5. The zero-order valence-electron chi connectivity index (χ0n) is 39.0. The van der Waals surface area contributed by atoms with E-state index in [1.807, 2.05) is 57.2 Å². The van der Waals surface area contributed by atoms with Crippen LogP contribution in [0.5, 0.6) is 0 Å². The van der Waals surface area contributed by atoms with Crippen molar-refractivity contribution in [2.75, 3.05) is 27.9 Å². The van der Waals surface area contributed by atoms with E-state index in [-0.39, 0.29) is 49.5 Å². The summed E-state index contributed by atoms with van der Waals surface area (Å²) in [4.78, 5) is 58.7. The molecule has 2 saturated heterocycles. The summed E-state index contributed by atoms with van der Waals surface area (Å²) >= 11 is 6.12. The Hall–Kier alpha value is -3.27. The molecule has 0 spiro atoms. The first kappa shape index (κ1) is 51.7. The van der Waals surface area contributed by atoms with Crippen LogP contribution in [-0.2, 0) is 42.9 Å². The smallest absolute Gasteiger partial charge is 0.329 e. The number of carbonyl (C=O) groups excluding carboxylic acids is 4. The quantitative estimate of drug-likeness (QED) is 0.141. The van der Waals surface area contributed by atoms with Gasteiger partial charge < -0.3 is 43.9 Å². The first-order chi connectivity index (χ1) is 30.4. The summed E-state index contributed by atoms with van der Waals surface area (Å²) < 4.78 is 30.0. The van der Waals surface area contributed by atoms with Crippen molar-refractivity contribution >= 4 is 41.1 Å². The molecule has 64 heavy (non-hydrogen) atoms. The van der Waals surface area contributed by atoms with Gasteiger partial charge in [-0.25, -0.2) is 4.79 Å². The number of nitrogens with zero attached hydrogens (tertiary/aromatic N) is 1. The number of hydrogen-bond donors (Lipinski definition) is 3. The van der Waals surface area contributed by atoms with Crippen LogP contribution < -0.4 is 0 Å². The van der Waals surface area contributed by atoms with Crippen molar-refractivity contribution in [2.45, 2.75) is 160 Å². The number of amides is 1. The first-order valence-electron chi connectivity index (χ1n) is 23.1. The number of cyclic esters (lactones) is 1. The molecule has 3 heterocycles. The highest BCUT2D eigenvalue weighted by atomic mass is 35.5. The first-order valence-corrected chi connectivity index (χ1v) is 23.5. The number of esters is 1. The molecule has 356 valence electrons. The van der Waals surface area contributed by atoms with E-state index in [9.17, 15) is 34.5 Å². The maximum Gasteiger partial charge on any atom is 0.329 e. The fourth-order valence-electron chi connectivity index (χ4n) is 10.2. The van der Waals surface area contributed by atoms with E-state index in [0.29, 0.717) is 62.0 Å². The number of benzene rings is 1. The summed E-state index contributed by atoms with van der Waals surface area (Å²) in [5, 5.41) is 35.2. The standard InChI is InChI=1S/C50H72ClNO12/c1-29-22-30(2)24-43(61-7)46-44(62-8)26-32(4)50(59,64-46)47(56)48(57)52-21-10-9-14-38(52)49(58)63-45(31(3)25-35-17-20-39(53)42(27-35)60-6)33(5)40(54)28-41(55)36(23-29)13-11-12-34-15-18-37(51)19-16-34/h11-12,15-16,18-19,23,25,30,32-33,35-36,38-40,42-46,53-54,59H,9-10,13-14,17,20-22,24,26-28H2,1-8H3/b12-11+,29-23+,31-25+/t30-,32+,33+,35-,36+,38-,39+,40-,42+,43-,44-,45+,46+,50+/m0/s1. The van der Waals surface area contributed by atoms with Crippen LogP contribution in [0.1, 0.15) is 111 Å². The van der Waals surface area contributed by atoms with Crippen LogP contribution in [-0.4, -0.2) is 126 Å². The molecule has 14 heteroatoms. The zero-order chi connectivity index (χ0) is 46.9. The molecule has 0 aromatic heterocycles. The minimum atomic E-state index is -2.53. The normalized spacial score (nSPS) is 37.9. The van der Waals surface area contributed by atoms with Gasteiger partial charge in [0, 0.05) is 57.1 Å². The molecule has 0 unspecified atom stereocenters. The number of hydrogen-bond acceptors (Lipinski definition) is 12. The van der Waals surface area contributed by atoms with Crippen molar-refractivity contribution in [1.82, 2.24) is 4.90 Å². The van der Waals surface area contributed by atoms with Crippen LogP contribution in [0.2, 0.25) is 5.02 Å². The molecule has 2 bridgehead atoms. The lowest BCUT2D eigenvalue weighted by Gasteiger charge is -2.47. The van der Waals surface area contributed by atoms with E-state index in [0.717, 1.165) is 11.1 Å². The van der Waals surface area contributed by atoms with E-state index in [2.05, 4.69) is 0 Å². The van der Waals surface area contributed by atoms with Gasteiger partial charge in [0.15, 0.2) is 0 Å². The summed E-state index contributed by atoms with van der Waals surface area (Å²) in [6.07, 6.45) is 6.84. The molecule has 1 aromatic rings. The highest BCUT2D eigenvalue weighted by Crippen LogP contribution is 2.39. The van der Waals surface area contributed by atoms with Gasteiger partial charge in [-0.1, -0.05) is 74.4 Å². The van der Waals surface area contributed by atoms with Crippen LogP contribution in [0.15, 0.2) is 53.6 Å². The topological polar surface area (TPSA) is 178 Å². The Labute approximate surface area is 384 Å². The molecule has 4 aliphatic rings. The minimum Gasteiger partial charge on any atom is -0.456 e. The summed E-state index contributed by atoms with van der Waals surface area (Å²) in [6.45, 7) is 9.27. The highest BCUT2D eigenvalue weighted by molar-refractivity contribution is 6.39. The number of halogens is 1. The van der Waals surface area contributed by atoms with Gasteiger partial charge in [-0.2, -0.15) is 0 Å². The molecular formula is C50H72ClNO12. The lowest BCUT2D eigenvalue weighted by molar-refractivity contribution is -0.302. The third kappa shape index (κ3) is 12.8. The third-order valence-electron chi connectivity index (χ3n) is 14.0. The van der Waals surface area contributed by atoms with Gasteiger partial charge >= 0.3 is 5.97 Å². The number of fused-ring (bicyclic) bond motifs is 3. The molecule has 1 amide bonds. The molecule has 3 aliphatic heterocycles. The number of aliphatic hydroxyl groups excluding tert-OH is 2. The van der Waals surface area contributed by atoms with Crippen molar-refractivity contribution in [3.05, 3.63) is 64.2 Å². The second kappa shape index (κ2) is 23.5. The predicted molar refractivity (Wildman–Crippen MR) is 243 cm³/mol. The number of piperidine rings is 1. The number of Topliss-reactive ketones (excluding diaryl/α,β-unsaturated/α-hetero) is 2. The van der Waals surface area contributed by atoms with Crippen molar-refractivity contribution < 1.29 is 58.2 Å². The van der Waals surface area contributed by atoms with Crippen molar-refractivity contribution in [1.29, 1.82) is 0 Å². The van der Waals surface area contributed by atoms with Gasteiger partial charge in [0.05, 0.1) is 30.5 Å². The Morgan fingerprint density at radius 2 is 1.56 bits per heavy atom. The summed E-state index contributed by atoms with van der Waals surface area (Å²) in [7, 11) is 4.62. The van der Waals surface area contributed by atoms with Crippen LogP contribution in [0, 0.1) is 29.6 Å². The molecule has 3 N–H and O–H groups in total. The minimum absolute atomic E-state index is 0.0217.